The molecule has 3 rings (SSSR count). The van der Waals surface area contributed by atoms with Crippen molar-refractivity contribution >= 4 is 17.8 Å². The highest BCUT2D eigenvalue weighted by Crippen LogP contribution is 2.24. The van der Waals surface area contributed by atoms with Gasteiger partial charge < -0.3 is 4.74 Å². The van der Waals surface area contributed by atoms with E-state index in [0.29, 0.717) is 23.5 Å². The minimum atomic E-state index is -1.04. The van der Waals surface area contributed by atoms with Crippen LogP contribution in [0.3, 0.4) is 0 Å². The Balaban J connectivity index is 1.65. The number of hydrogen-bond acceptors (Lipinski definition) is 7. The Bertz CT molecular complexity index is 812. The molecule has 0 radical (unpaired) electrons. The van der Waals surface area contributed by atoms with E-state index in [1.165, 1.54) is 6.92 Å². The summed E-state index contributed by atoms with van der Waals surface area (Å²) in [7, 11) is 0. The Kier molecular flexibility index (Phi) is 5.06. The topological polar surface area (TPSA) is 107 Å². The molecule has 0 saturated heterocycles. The first kappa shape index (κ1) is 17.7. The van der Waals surface area contributed by atoms with Gasteiger partial charge in [0, 0.05) is 6.54 Å². The molecular formula is C17H19N5O4. The molecule has 1 aliphatic rings. The van der Waals surface area contributed by atoms with Crippen LogP contribution >= 0.6 is 0 Å². The van der Waals surface area contributed by atoms with Gasteiger partial charge in [0.2, 0.25) is 0 Å². The molecule has 1 aliphatic heterocycles. The number of carbonyl (C=O) groups is 3. The van der Waals surface area contributed by atoms with Gasteiger partial charge in [0.05, 0.1) is 11.1 Å². The van der Waals surface area contributed by atoms with Crippen LogP contribution in [0.25, 0.3) is 0 Å². The molecule has 9 heteroatoms. The highest BCUT2D eigenvalue weighted by atomic mass is 16.5. The molecular weight excluding hydrogens is 338 g/mol. The fourth-order valence-corrected chi connectivity index (χ4v) is 2.73. The Morgan fingerprint density at radius 3 is 2.46 bits per heavy atom. The van der Waals surface area contributed by atoms with Gasteiger partial charge in [0.25, 0.3) is 11.8 Å². The van der Waals surface area contributed by atoms with Gasteiger partial charge in [-0.1, -0.05) is 25.5 Å². The highest BCUT2D eigenvalue weighted by Gasteiger charge is 2.41. The van der Waals surface area contributed by atoms with Gasteiger partial charge in [0.1, 0.15) is 6.04 Å². The third-order valence-corrected chi connectivity index (χ3v) is 4.23. The lowest BCUT2D eigenvalue weighted by Crippen LogP contribution is -2.43. The van der Waals surface area contributed by atoms with Crippen molar-refractivity contribution in [1.29, 1.82) is 0 Å². The number of ether oxygens (including phenoxy) is 1. The Hall–Kier alpha value is -3.10. The number of unbranched alkanes of at least 4 members (excludes halogenated alkanes) is 1. The molecule has 1 aromatic heterocycles. The first-order chi connectivity index (χ1) is 12.5. The van der Waals surface area contributed by atoms with E-state index in [0.717, 1.165) is 17.7 Å². The predicted molar refractivity (Wildman–Crippen MR) is 88.9 cm³/mol. The number of esters is 1. The lowest BCUT2D eigenvalue weighted by molar-refractivity contribution is -0.149. The molecule has 0 spiro atoms. The van der Waals surface area contributed by atoms with Crippen LogP contribution in [-0.2, 0) is 22.7 Å². The van der Waals surface area contributed by atoms with Gasteiger partial charge in [-0.3, -0.25) is 14.5 Å². The Labute approximate surface area is 149 Å². The Morgan fingerprint density at radius 1 is 1.19 bits per heavy atom. The van der Waals surface area contributed by atoms with E-state index in [9.17, 15) is 14.4 Å². The van der Waals surface area contributed by atoms with Gasteiger partial charge in [-0.15, -0.1) is 5.10 Å². The molecule has 0 N–H and O–H groups in total. The van der Waals surface area contributed by atoms with Crippen molar-refractivity contribution in [2.75, 3.05) is 0 Å². The summed E-state index contributed by atoms with van der Waals surface area (Å²) in [5, 5.41) is 11.3. The normalized spacial score (nSPS) is 14.5. The van der Waals surface area contributed by atoms with E-state index in [-0.39, 0.29) is 6.61 Å². The zero-order valence-electron chi connectivity index (χ0n) is 14.6. The number of benzene rings is 1. The van der Waals surface area contributed by atoms with Crippen LogP contribution in [0.15, 0.2) is 24.3 Å². The Morgan fingerprint density at radius 2 is 1.85 bits per heavy atom. The fraction of sp³-hybridized carbons (Fsp3) is 0.412. The van der Waals surface area contributed by atoms with Crippen molar-refractivity contribution < 1.29 is 19.1 Å². The molecule has 0 bridgehead atoms. The maximum atomic E-state index is 12.4. The van der Waals surface area contributed by atoms with Crippen molar-refractivity contribution in [2.24, 2.45) is 0 Å². The summed E-state index contributed by atoms with van der Waals surface area (Å²) in [4.78, 5) is 38.1. The summed E-state index contributed by atoms with van der Waals surface area (Å²) >= 11 is 0. The molecule has 0 unspecified atom stereocenters. The van der Waals surface area contributed by atoms with Gasteiger partial charge in [-0.25, -0.2) is 9.48 Å². The van der Waals surface area contributed by atoms with Crippen molar-refractivity contribution in [3.63, 3.8) is 0 Å². The molecule has 0 saturated carbocycles. The quantitative estimate of drug-likeness (QED) is 0.541. The molecule has 0 fully saturated rings. The van der Waals surface area contributed by atoms with Crippen molar-refractivity contribution in [3.8, 4) is 0 Å². The number of rotatable bonds is 7. The molecule has 136 valence electrons. The third kappa shape index (κ3) is 3.19. The number of amides is 2. The van der Waals surface area contributed by atoms with Crippen LogP contribution in [0.1, 0.15) is 53.2 Å². The van der Waals surface area contributed by atoms with Gasteiger partial charge in [-0.05, 0) is 35.9 Å². The van der Waals surface area contributed by atoms with Crippen molar-refractivity contribution in [3.05, 3.63) is 41.2 Å². The number of carbonyl (C=O) groups excluding carboxylic acids is 3. The highest BCUT2D eigenvalue weighted by molar-refractivity contribution is 6.22. The maximum Gasteiger partial charge on any atom is 0.329 e. The second-order valence-corrected chi connectivity index (χ2v) is 5.98. The second-order valence-electron chi connectivity index (χ2n) is 5.98. The molecule has 9 nitrogen and oxygen atoms in total. The summed E-state index contributed by atoms with van der Waals surface area (Å²) in [6.07, 6.45) is 1.88. The third-order valence-electron chi connectivity index (χ3n) is 4.23. The van der Waals surface area contributed by atoms with Crippen LogP contribution in [-0.4, -0.2) is 48.9 Å². The van der Waals surface area contributed by atoms with Crippen molar-refractivity contribution in [1.82, 2.24) is 25.1 Å². The molecule has 0 aliphatic carbocycles. The van der Waals surface area contributed by atoms with Gasteiger partial charge in [0.15, 0.2) is 12.4 Å². The summed E-state index contributed by atoms with van der Waals surface area (Å²) in [5.41, 5.74) is 0.585. The molecule has 2 heterocycles. The number of nitrogens with zero attached hydrogens (tertiary/aromatic N) is 5. The van der Waals surface area contributed by atoms with Gasteiger partial charge in [-0.2, -0.15) is 0 Å². The average Bonchev–Trinajstić information content (AvgIpc) is 3.20. The number of hydrogen-bond donors (Lipinski definition) is 0. The molecule has 1 aromatic carbocycles. The zero-order chi connectivity index (χ0) is 18.7. The van der Waals surface area contributed by atoms with Crippen LogP contribution in [0, 0.1) is 0 Å². The van der Waals surface area contributed by atoms with E-state index >= 15 is 0 Å². The SMILES string of the molecule is CCCCn1nnnc1COC(=O)[C@@H](C)N1C(=O)c2ccccc2C1=O. The standard InChI is InChI=1S/C17H19N5O4/c1-3-4-9-21-14(18-19-20-21)10-26-17(25)11(2)22-15(23)12-7-5-6-8-13(12)16(22)24/h5-8,11H,3-4,9-10H2,1-2H3/t11-/m1/s1. The number of tetrazole rings is 1. The molecule has 2 amide bonds. The van der Waals surface area contributed by atoms with Crippen LogP contribution < -0.4 is 0 Å². The zero-order valence-corrected chi connectivity index (χ0v) is 14.6. The smallest absolute Gasteiger partial charge is 0.329 e. The number of fused-ring (bicyclic) bond motifs is 1. The summed E-state index contributed by atoms with van der Waals surface area (Å²) in [5.74, 6) is -1.27. The van der Waals surface area contributed by atoms with E-state index in [1.807, 2.05) is 6.92 Å². The van der Waals surface area contributed by atoms with Crippen LogP contribution in [0.5, 0.6) is 0 Å². The number of aromatic nitrogens is 4. The summed E-state index contributed by atoms with van der Waals surface area (Å²) < 4.78 is 6.80. The lowest BCUT2D eigenvalue weighted by Gasteiger charge is -2.20. The number of imide groups is 1. The van der Waals surface area contributed by atoms with E-state index in [2.05, 4.69) is 15.5 Å². The monoisotopic (exact) mass is 357 g/mol. The molecule has 26 heavy (non-hydrogen) atoms. The van der Waals surface area contributed by atoms with E-state index in [4.69, 9.17) is 4.74 Å². The van der Waals surface area contributed by atoms with Gasteiger partial charge >= 0.3 is 5.97 Å². The van der Waals surface area contributed by atoms with E-state index < -0.39 is 23.8 Å². The lowest BCUT2D eigenvalue weighted by atomic mass is 10.1. The second kappa shape index (κ2) is 7.42. The van der Waals surface area contributed by atoms with E-state index in [1.54, 1.807) is 28.9 Å². The first-order valence-corrected chi connectivity index (χ1v) is 8.43. The average molecular weight is 357 g/mol. The number of aryl methyl sites for hydroxylation is 1. The minimum absolute atomic E-state index is 0.122. The maximum absolute atomic E-state index is 12.4. The minimum Gasteiger partial charge on any atom is -0.456 e. The largest absolute Gasteiger partial charge is 0.456 e. The summed E-state index contributed by atoms with van der Waals surface area (Å²) in [6.45, 7) is 4.02. The predicted octanol–water partition coefficient (Wildman–Crippen LogP) is 1.20. The van der Waals surface area contributed by atoms with Crippen LogP contribution in [0.4, 0.5) is 0 Å². The molecule has 2 aromatic rings. The molecule has 1 atom stereocenters. The first-order valence-electron chi connectivity index (χ1n) is 8.43. The summed E-state index contributed by atoms with van der Waals surface area (Å²) in [6, 6.07) is 5.44. The van der Waals surface area contributed by atoms with Crippen molar-refractivity contribution in [2.45, 2.75) is 45.9 Å². The van der Waals surface area contributed by atoms with Crippen LogP contribution in [0.2, 0.25) is 0 Å². The fourth-order valence-electron chi connectivity index (χ4n) is 2.73.